The summed E-state index contributed by atoms with van der Waals surface area (Å²) in [6.07, 6.45) is 0. The first-order valence-electron chi connectivity index (χ1n) is 7.70. The standard InChI is InChI=1S/C18H17FN2OS2/c1-2-21-17(22)15-5-3-4-6-16(15)20-18(21)24-12-11-23-14-9-7-13(19)8-10-14/h3-10H,2,11-12H2,1H3. The summed E-state index contributed by atoms with van der Waals surface area (Å²) in [6, 6.07) is 13.9. The third-order valence-corrected chi connectivity index (χ3v) is 5.79. The maximum absolute atomic E-state index is 12.9. The van der Waals surface area contributed by atoms with Crippen LogP contribution in [0.1, 0.15) is 6.92 Å². The van der Waals surface area contributed by atoms with Crippen LogP contribution in [0.2, 0.25) is 0 Å². The van der Waals surface area contributed by atoms with Crippen molar-refractivity contribution >= 4 is 34.4 Å². The van der Waals surface area contributed by atoms with E-state index in [1.165, 1.54) is 12.1 Å². The number of rotatable bonds is 6. The minimum Gasteiger partial charge on any atom is -0.287 e. The molecule has 0 amide bonds. The van der Waals surface area contributed by atoms with Gasteiger partial charge in [0.1, 0.15) is 5.82 Å². The van der Waals surface area contributed by atoms with Gasteiger partial charge in [0.15, 0.2) is 5.16 Å². The molecule has 0 fully saturated rings. The van der Waals surface area contributed by atoms with Gasteiger partial charge in [-0.3, -0.25) is 9.36 Å². The highest BCUT2D eigenvalue weighted by atomic mass is 32.2. The molecule has 124 valence electrons. The van der Waals surface area contributed by atoms with Crippen LogP contribution in [0, 0.1) is 5.82 Å². The second-order valence-corrected chi connectivity index (χ2v) is 7.34. The lowest BCUT2D eigenvalue weighted by molar-refractivity contribution is 0.626. The van der Waals surface area contributed by atoms with Crippen LogP contribution < -0.4 is 5.56 Å². The quantitative estimate of drug-likeness (QED) is 0.370. The SMILES string of the molecule is CCn1c(SCCSc2ccc(F)cc2)nc2ccccc2c1=O. The molecule has 0 saturated carbocycles. The molecule has 0 bridgehead atoms. The molecule has 2 aromatic carbocycles. The van der Waals surface area contributed by atoms with Crippen molar-refractivity contribution in [3.05, 3.63) is 64.7 Å². The first kappa shape index (κ1) is 17.0. The van der Waals surface area contributed by atoms with Crippen LogP contribution in [0.4, 0.5) is 4.39 Å². The zero-order valence-electron chi connectivity index (χ0n) is 13.2. The Bertz CT molecular complexity index is 894. The summed E-state index contributed by atoms with van der Waals surface area (Å²) in [4.78, 5) is 18.2. The van der Waals surface area contributed by atoms with Crippen LogP contribution in [0.25, 0.3) is 10.9 Å². The van der Waals surface area contributed by atoms with Gasteiger partial charge < -0.3 is 0 Å². The topological polar surface area (TPSA) is 34.9 Å². The Kier molecular flexibility index (Phi) is 5.58. The predicted molar refractivity (Wildman–Crippen MR) is 99.5 cm³/mol. The van der Waals surface area contributed by atoms with Crippen LogP contribution in [0.3, 0.4) is 0 Å². The minimum atomic E-state index is -0.221. The van der Waals surface area contributed by atoms with E-state index in [2.05, 4.69) is 4.98 Å². The Morgan fingerprint density at radius 1 is 1.04 bits per heavy atom. The van der Waals surface area contributed by atoms with Crippen molar-refractivity contribution in [1.29, 1.82) is 0 Å². The Hall–Kier alpha value is -1.79. The smallest absolute Gasteiger partial charge is 0.262 e. The van der Waals surface area contributed by atoms with Gasteiger partial charge in [0.05, 0.1) is 10.9 Å². The van der Waals surface area contributed by atoms with Gasteiger partial charge in [0, 0.05) is 22.9 Å². The number of aromatic nitrogens is 2. The molecule has 0 aliphatic heterocycles. The fraction of sp³-hybridized carbons (Fsp3) is 0.222. The van der Waals surface area contributed by atoms with E-state index in [1.54, 1.807) is 40.2 Å². The molecule has 0 saturated heterocycles. The molecule has 24 heavy (non-hydrogen) atoms. The number of nitrogens with zero attached hydrogens (tertiary/aromatic N) is 2. The van der Waals surface area contributed by atoms with E-state index in [1.807, 2.05) is 31.2 Å². The lowest BCUT2D eigenvalue weighted by atomic mass is 10.2. The number of para-hydroxylation sites is 1. The molecule has 0 aliphatic carbocycles. The van der Waals surface area contributed by atoms with E-state index in [0.717, 1.165) is 27.1 Å². The molecule has 3 rings (SSSR count). The van der Waals surface area contributed by atoms with Crippen LogP contribution in [-0.2, 0) is 6.54 Å². The number of fused-ring (bicyclic) bond motifs is 1. The van der Waals surface area contributed by atoms with E-state index < -0.39 is 0 Å². The van der Waals surface area contributed by atoms with Gasteiger partial charge in [-0.05, 0) is 43.3 Å². The molecule has 0 atom stereocenters. The molecular formula is C18H17FN2OS2. The van der Waals surface area contributed by atoms with Crippen molar-refractivity contribution in [3.63, 3.8) is 0 Å². The summed E-state index contributed by atoms with van der Waals surface area (Å²) >= 11 is 3.25. The molecule has 0 unspecified atom stereocenters. The molecule has 6 heteroatoms. The fourth-order valence-corrected chi connectivity index (χ4v) is 4.30. The molecule has 0 N–H and O–H groups in total. The molecule has 1 heterocycles. The lowest BCUT2D eigenvalue weighted by Gasteiger charge is -2.11. The Balaban J connectivity index is 1.70. The molecule has 1 aromatic heterocycles. The third kappa shape index (κ3) is 3.82. The minimum absolute atomic E-state index is 0.0109. The Morgan fingerprint density at radius 3 is 2.50 bits per heavy atom. The maximum atomic E-state index is 12.9. The third-order valence-electron chi connectivity index (χ3n) is 3.54. The predicted octanol–water partition coefficient (Wildman–Crippen LogP) is 4.44. The number of thioether (sulfide) groups is 2. The monoisotopic (exact) mass is 360 g/mol. The number of halogens is 1. The normalized spacial score (nSPS) is 11.1. The average Bonchev–Trinajstić information content (AvgIpc) is 2.60. The van der Waals surface area contributed by atoms with Crippen molar-refractivity contribution in [1.82, 2.24) is 9.55 Å². The molecule has 0 spiro atoms. The molecule has 0 radical (unpaired) electrons. The van der Waals surface area contributed by atoms with Gasteiger partial charge in [-0.25, -0.2) is 9.37 Å². The first-order chi connectivity index (χ1) is 11.7. The van der Waals surface area contributed by atoms with Gasteiger partial charge in [0.2, 0.25) is 0 Å². The molecule has 3 nitrogen and oxygen atoms in total. The molecule has 3 aromatic rings. The fourth-order valence-electron chi connectivity index (χ4n) is 2.36. The largest absolute Gasteiger partial charge is 0.287 e. The number of benzene rings is 2. The summed E-state index contributed by atoms with van der Waals surface area (Å²) < 4.78 is 14.6. The summed E-state index contributed by atoms with van der Waals surface area (Å²) in [6.45, 7) is 2.55. The van der Waals surface area contributed by atoms with Crippen LogP contribution in [-0.4, -0.2) is 21.1 Å². The Labute approximate surface area is 148 Å². The van der Waals surface area contributed by atoms with Crippen molar-refractivity contribution in [2.45, 2.75) is 23.5 Å². The second kappa shape index (κ2) is 7.85. The van der Waals surface area contributed by atoms with Crippen molar-refractivity contribution in [2.75, 3.05) is 11.5 Å². The zero-order chi connectivity index (χ0) is 16.9. The zero-order valence-corrected chi connectivity index (χ0v) is 14.9. The van der Waals surface area contributed by atoms with Gasteiger partial charge in [-0.15, -0.1) is 11.8 Å². The molecule has 0 aliphatic rings. The van der Waals surface area contributed by atoms with E-state index in [4.69, 9.17) is 0 Å². The maximum Gasteiger partial charge on any atom is 0.262 e. The lowest BCUT2D eigenvalue weighted by Crippen LogP contribution is -2.22. The van der Waals surface area contributed by atoms with Gasteiger partial charge in [0.25, 0.3) is 5.56 Å². The van der Waals surface area contributed by atoms with E-state index in [0.29, 0.717) is 11.9 Å². The summed E-state index contributed by atoms with van der Waals surface area (Å²) in [5, 5.41) is 1.41. The number of hydrogen-bond donors (Lipinski definition) is 0. The van der Waals surface area contributed by atoms with E-state index >= 15 is 0 Å². The average molecular weight is 360 g/mol. The second-order valence-electron chi connectivity index (χ2n) is 5.11. The Morgan fingerprint density at radius 2 is 1.75 bits per heavy atom. The van der Waals surface area contributed by atoms with Gasteiger partial charge >= 0.3 is 0 Å². The summed E-state index contributed by atoms with van der Waals surface area (Å²) in [5.41, 5.74) is 0.748. The molecular weight excluding hydrogens is 343 g/mol. The highest BCUT2D eigenvalue weighted by molar-refractivity contribution is 8.02. The van der Waals surface area contributed by atoms with Crippen LogP contribution in [0.5, 0.6) is 0 Å². The van der Waals surface area contributed by atoms with Crippen molar-refractivity contribution in [2.24, 2.45) is 0 Å². The van der Waals surface area contributed by atoms with Crippen LogP contribution in [0.15, 0.2) is 63.4 Å². The van der Waals surface area contributed by atoms with E-state index in [9.17, 15) is 9.18 Å². The van der Waals surface area contributed by atoms with Crippen molar-refractivity contribution in [3.8, 4) is 0 Å². The first-order valence-corrected chi connectivity index (χ1v) is 9.67. The summed E-state index contributed by atoms with van der Waals surface area (Å²) in [5.74, 6) is 1.47. The highest BCUT2D eigenvalue weighted by Gasteiger charge is 2.09. The summed E-state index contributed by atoms with van der Waals surface area (Å²) in [7, 11) is 0. The van der Waals surface area contributed by atoms with Gasteiger partial charge in [-0.1, -0.05) is 23.9 Å². The number of hydrogen-bond acceptors (Lipinski definition) is 4. The highest BCUT2D eigenvalue weighted by Crippen LogP contribution is 2.23. The van der Waals surface area contributed by atoms with Crippen LogP contribution >= 0.6 is 23.5 Å². The van der Waals surface area contributed by atoms with E-state index in [-0.39, 0.29) is 11.4 Å². The van der Waals surface area contributed by atoms with Crippen molar-refractivity contribution < 1.29 is 4.39 Å². The van der Waals surface area contributed by atoms with Gasteiger partial charge in [-0.2, -0.15) is 0 Å².